The number of thiazole rings is 1. The smallest absolute Gasteiger partial charge is 0.263 e. The van der Waals surface area contributed by atoms with Crippen molar-refractivity contribution in [3.63, 3.8) is 0 Å². The largest absolute Gasteiger partial charge is 0.493 e. The van der Waals surface area contributed by atoms with Crippen molar-refractivity contribution in [3.8, 4) is 5.75 Å². The molecule has 0 bridgehead atoms. The predicted molar refractivity (Wildman–Crippen MR) is 128 cm³/mol. The number of hydrogen-bond donors (Lipinski definition) is 2. The maximum Gasteiger partial charge on any atom is 0.263 e. The second kappa shape index (κ2) is 9.63. The first-order chi connectivity index (χ1) is 16.0. The van der Waals surface area contributed by atoms with Crippen molar-refractivity contribution < 1.29 is 14.6 Å². The van der Waals surface area contributed by atoms with E-state index in [1.54, 1.807) is 11.7 Å². The van der Waals surface area contributed by atoms with Crippen LogP contribution in [0.3, 0.4) is 0 Å². The molecule has 6 nitrogen and oxygen atoms in total. The number of β-amino-alcohol motifs (C(OH)–C–C–N with tert-alkyl or cyclic N) is 1. The van der Waals surface area contributed by atoms with E-state index in [2.05, 4.69) is 45.5 Å². The second-order valence-electron chi connectivity index (χ2n) is 9.10. The number of aliphatic hydroxyl groups is 1. The van der Waals surface area contributed by atoms with E-state index in [1.165, 1.54) is 29.7 Å². The summed E-state index contributed by atoms with van der Waals surface area (Å²) in [6.07, 6.45) is 3.61. The lowest BCUT2D eigenvalue weighted by Gasteiger charge is -2.32. The number of benzene rings is 2. The fourth-order valence-electron chi connectivity index (χ4n) is 4.23. The third kappa shape index (κ3) is 5.43. The van der Waals surface area contributed by atoms with Gasteiger partial charge in [-0.2, -0.15) is 0 Å². The van der Waals surface area contributed by atoms with Gasteiger partial charge in [-0.3, -0.25) is 14.7 Å². The first-order valence-corrected chi connectivity index (χ1v) is 12.4. The molecule has 2 N–H and O–H groups in total. The number of carbonyl (C=O) groups is 1. The SMILES string of the molecule is C[C@H](NC(=O)c1cncs1)c1ccc(CN2Cc3ccc(OCC4CC4)cc3C(O)C2)cc1. The molecule has 1 fully saturated rings. The van der Waals surface area contributed by atoms with Crippen LogP contribution in [-0.4, -0.2) is 34.0 Å². The highest BCUT2D eigenvalue weighted by atomic mass is 32.1. The van der Waals surface area contributed by atoms with E-state index in [-0.39, 0.29) is 11.9 Å². The van der Waals surface area contributed by atoms with Crippen LogP contribution >= 0.6 is 11.3 Å². The van der Waals surface area contributed by atoms with E-state index in [4.69, 9.17) is 4.74 Å². The van der Waals surface area contributed by atoms with Crippen LogP contribution in [0.15, 0.2) is 54.2 Å². The molecule has 2 atom stereocenters. The highest BCUT2D eigenvalue weighted by molar-refractivity contribution is 7.11. The molecule has 33 heavy (non-hydrogen) atoms. The molecule has 0 spiro atoms. The van der Waals surface area contributed by atoms with E-state index in [0.29, 0.717) is 17.3 Å². The molecule has 1 saturated carbocycles. The van der Waals surface area contributed by atoms with Crippen molar-refractivity contribution >= 4 is 17.2 Å². The van der Waals surface area contributed by atoms with Crippen LogP contribution in [0.25, 0.3) is 0 Å². The summed E-state index contributed by atoms with van der Waals surface area (Å²) in [6, 6.07) is 14.3. The van der Waals surface area contributed by atoms with Crippen LogP contribution in [-0.2, 0) is 13.1 Å². The monoisotopic (exact) mass is 463 g/mol. The number of fused-ring (bicyclic) bond motifs is 1. The summed E-state index contributed by atoms with van der Waals surface area (Å²) in [4.78, 5) is 19.1. The Labute approximate surface area is 198 Å². The zero-order valence-electron chi connectivity index (χ0n) is 18.7. The van der Waals surface area contributed by atoms with Crippen LogP contribution in [0.5, 0.6) is 5.75 Å². The van der Waals surface area contributed by atoms with Gasteiger partial charge in [-0.25, -0.2) is 0 Å². The number of hydrogen-bond acceptors (Lipinski definition) is 6. The number of aromatic nitrogens is 1. The second-order valence-corrected chi connectivity index (χ2v) is 9.99. The van der Waals surface area contributed by atoms with Crippen molar-refractivity contribution in [2.24, 2.45) is 5.92 Å². The van der Waals surface area contributed by atoms with Gasteiger partial charge in [0.15, 0.2) is 0 Å². The van der Waals surface area contributed by atoms with Gasteiger partial charge in [0.1, 0.15) is 10.6 Å². The van der Waals surface area contributed by atoms with Crippen LogP contribution in [0.1, 0.15) is 63.8 Å². The molecule has 3 aromatic rings. The van der Waals surface area contributed by atoms with Gasteiger partial charge < -0.3 is 15.2 Å². The minimum Gasteiger partial charge on any atom is -0.493 e. The van der Waals surface area contributed by atoms with E-state index in [0.717, 1.165) is 42.1 Å². The molecule has 2 aliphatic rings. The number of ether oxygens (including phenoxy) is 1. The molecular formula is C26H29N3O3S. The Hall–Kier alpha value is -2.74. The Kier molecular flexibility index (Phi) is 6.44. The summed E-state index contributed by atoms with van der Waals surface area (Å²) in [6.45, 7) is 4.93. The lowest BCUT2D eigenvalue weighted by molar-refractivity contribution is 0.0878. The number of carbonyl (C=O) groups excluding carboxylic acids is 1. The standard InChI is InChI=1S/C26H29N3O3S/c1-17(28-26(31)25-11-27-16-33-25)20-6-4-18(5-7-20)12-29-13-21-8-9-22(32-15-19-2-3-19)10-23(21)24(30)14-29/h4-11,16-17,19,24,30H,2-3,12-15H2,1H3,(H,28,31)/t17-,24?/m0/s1. The van der Waals surface area contributed by atoms with Crippen molar-refractivity contribution in [1.82, 2.24) is 15.2 Å². The highest BCUT2D eigenvalue weighted by Gasteiger charge is 2.25. The summed E-state index contributed by atoms with van der Waals surface area (Å²) in [5.41, 5.74) is 6.04. The average Bonchev–Trinajstić information content (AvgIpc) is 3.48. The molecule has 1 aromatic heterocycles. The van der Waals surface area contributed by atoms with Gasteiger partial charge in [-0.05, 0) is 60.1 Å². The number of rotatable bonds is 8. The molecule has 2 heterocycles. The zero-order valence-corrected chi connectivity index (χ0v) is 19.6. The topological polar surface area (TPSA) is 74.7 Å². The summed E-state index contributed by atoms with van der Waals surface area (Å²) in [5, 5.41) is 13.8. The molecule has 7 heteroatoms. The van der Waals surface area contributed by atoms with Gasteiger partial charge in [0.25, 0.3) is 5.91 Å². The third-order valence-electron chi connectivity index (χ3n) is 6.37. The Bertz CT molecular complexity index is 1100. The van der Waals surface area contributed by atoms with Crippen LogP contribution in [0.4, 0.5) is 0 Å². The Morgan fingerprint density at radius 1 is 1.27 bits per heavy atom. The Balaban J connectivity index is 1.18. The van der Waals surface area contributed by atoms with Gasteiger partial charge in [0.05, 0.1) is 30.5 Å². The minimum absolute atomic E-state index is 0.0892. The quantitative estimate of drug-likeness (QED) is 0.516. The molecule has 0 saturated heterocycles. The molecule has 1 aliphatic heterocycles. The average molecular weight is 464 g/mol. The summed E-state index contributed by atoms with van der Waals surface area (Å²) in [7, 11) is 0. The Morgan fingerprint density at radius 2 is 2.09 bits per heavy atom. The molecule has 0 radical (unpaired) electrons. The van der Waals surface area contributed by atoms with Gasteiger partial charge in [0, 0.05) is 19.6 Å². The zero-order chi connectivity index (χ0) is 22.8. The van der Waals surface area contributed by atoms with Crippen molar-refractivity contribution in [3.05, 3.63) is 81.3 Å². The lowest BCUT2D eigenvalue weighted by Crippen LogP contribution is -2.33. The molecule has 1 amide bonds. The molecule has 1 unspecified atom stereocenters. The Morgan fingerprint density at radius 3 is 2.82 bits per heavy atom. The van der Waals surface area contributed by atoms with E-state index in [9.17, 15) is 9.90 Å². The number of aliphatic hydroxyl groups excluding tert-OH is 1. The van der Waals surface area contributed by atoms with Gasteiger partial charge >= 0.3 is 0 Å². The molecular weight excluding hydrogens is 434 g/mol. The van der Waals surface area contributed by atoms with Crippen LogP contribution < -0.4 is 10.1 Å². The fourth-order valence-corrected chi connectivity index (χ4v) is 4.76. The summed E-state index contributed by atoms with van der Waals surface area (Å²) < 4.78 is 5.89. The third-order valence-corrected chi connectivity index (χ3v) is 7.15. The predicted octanol–water partition coefficient (Wildman–Crippen LogP) is 4.47. The van der Waals surface area contributed by atoms with Gasteiger partial charge in [0.2, 0.25) is 0 Å². The molecule has 172 valence electrons. The summed E-state index contributed by atoms with van der Waals surface area (Å²) >= 11 is 1.34. The number of amides is 1. The molecule has 2 aromatic carbocycles. The highest BCUT2D eigenvalue weighted by Crippen LogP contribution is 2.33. The normalized spacial score (nSPS) is 19.0. The molecule has 1 aliphatic carbocycles. The van der Waals surface area contributed by atoms with Crippen molar-refractivity contribution in [2.75, 3.05) is 13.2 Å². The maximum absolute atomic E-state index is 12.3. The number of nitrogens with zero attached hydrogens (tertiary/aromatic N) is 2. The van der Waals surface area contributed by atoms with Crippen LogP contribution in [0.2, 0.25) is 0 Å². The first kappa shape index (κ1) is 22.1. The van der Waals surface area contributed by atoms with E-state index >= 15 is 0 Å². The number of nitrogens with one attached hydrogen (secondary N) is 1. The maximum atomic E-state index is 12.3. The van der Waals surface area contributed by atoms with E-state index in [1.807, 2.05) is 19.1 Å². The molecule has 5 rings (SSSR count). The minimum atomic E-state index is -0.514. The summed E-state index contributed by atoms with van der Waals surface area (Å²) in [5.74, 6) is 1.47. The lowest BCUT2D eigenvalue weighted by atomic mass is 9.96. The van der Waals surface area contributed by atoms with E-state index < -0.39 is 6.10 Å². The fraction of sp³-hybridized carbons (Fsp3) is 0.385. The van der Waals surface area contributed by atoms with Crippen molar-refractivity contribution in [1.29, 1.82) is 0 Å². The van der Waals surface area contributed by atoms with Crippen LogP contribution in [0, 0.1) is 5.92 Å². The van der Waals surface area contributed by atoms with Gasteiger partial charge in [-0.15, -0.1) is 11.3 Å². The van der Waals surface area contributed by atoms with Crippen molar-refractivity contribution in [2.45, 2.75) is 45.0 Å². The van der Waals surface area contributed by atoms with Gasteiger partial charge in [-0.1, -0.05) is 30.3 Å². The first-order valence-electron chi connectivity index (χ1n) is 11.5.